The third-order valence-corrected chi connectivity index (χ3v) is 3.40. The number of likely N-dealkylation sites (N-methyl/N-ethyl adjacent to an activating group) is 1. The van der Waals surface area contributed by atoms with Crippen LogP contribution in [0.5, 0.6) is 0 Å². The van der Waals surface area contributed by atoms with Crippen molar-refractivity contribution in [2.45, 2.75) is 13.0 Å². The SMILES string of the molecule is CNCCn1ccnc1Cc1ccc2ccccc2n1. The van der Waals surface area contributed by atoms with Gasteiger partial charge in [-0.1, -0.05) is 24.3 Å². The Morgan fingerprint density at radius 1 is 1.15 bits per heavy atom. The van der Waals surface area contributed by atoms with E-state index in [1.165, 1.54) is 5.39 Å². The van der Waals surface area contributed by atoms with Gasteiger partial charge >= 0.3 is 0 Å². The molecule has 0 amide bonds. The van der Waals surface area contributed by atoms with Gasteiger partial charge in [0, 0.05) is 43.0 Å². The van der Waals surface area contributed by atoms with Crippen molar-refractivity contribution in [1.82, 2.24) is 19.9 Å². The first-order valence-electron chi connectivity index (χ1n) is 6.86. The summed E-state index contributed by atoms with van der Waals surface area (Å²) in [6.07, 6.45) is 4.64. The molecule has 0 radical (unpaired) electrons. The van der Waals surface area contributed by atoms with E-state index in [1.807, 2.05) is 37.6 Å². The second-order valence-corrected chi connectivity index (χ2v) is 4.81. The lowest BCUT2D eigenvalue weighted by Crippen LogP contribution is -2.16. The molecule has 2 heterocycles. The first kappa shape index (κ1) is 12.8. The largest absolute Gasteiger partial charge is 0.333 e. The quantitative estimate of drug-likeness (QED) is 0.770. The number of hydrogen-bond acceptors (Lipinski definition) is 3. The van der Waals surface area contributed by atoms with Gasteiger partial charge in [0.2, 0.25) is 0 Å². The number of imidazole rings is 1. The second kappa shape index (κ2) is 5.84. The fraction of sp³-hybridized carbons (Fsp3) is 0.250. The molecule has 3 aromatic rings. The van der Waals surface area contributed by atoms with Crippen molar-refractivity contribution in [3.63, 3.8) is 0 Å². The number of nitrogens with zero attached hydrogens (tertiary/aromatic N) is 3. The maximum atomic E-state index is 4.70. The number of para-hydroxylation sites is 1. The van der Waals surface area contributed by atoms with Gasteiger partial charge in [0.25, 0.3) is 0 Å². The minimum atomic E-state index is 0.765. The number of benzene rings is 1. The summed E-state index contributed by atoms with van der Waals surface area (Å²) in [5.74, 6) is 1.06. The molecule has 20 heavy (non-hydrogen) atoms. The maximum absolute atomic E-state index is 4.70. The van der Waals surface area contributed by atoms with Crippen LogP contribution in [-0.2, 0) is 13.0 Å². The normalized spacial score (nSPS) is 11.1. The van der Waals surface area contributed by atoms with E-state index < -0.39 is 0 Å². The zero-order chi connectivity index (χ0) is 13.8. The van der Waals surface area contributed by atoms with Crippen molar-refractivity contribution in [3.05, 3.63) is 60.3 Å². The van der Waals surface area contributed by atoms with Crippen LogP contribution in [-0.4, -0.2) is 28.1 Å². The van der Waals surface area contributed by atoms with Gasteiger partial charge in [-0.25, -0.2) is 4.98 Å². The Kier molecular flexibility index (Phi) is 3.74. The molecule has 0 atom stereocenters. The van der Waals surface area contributed by atoms with Crippen LogP contribution in [0.1, 0.15) is 11.5 Å². The standard InChI is InChI=1S/C16H18N4/c1-17-8-10-20-11-9-18-16(20)12-14-7-6-13-4-2-3-5-15(13)19-14/h2-7,9,11,17H,8,10,12H2,1H3. The molecular weight excluding hydrogens is 248 g/mol. The van der Waals surface area contributed by atoms with Crippen LogP contribution in [0.15, 0.2) is 48.8 Å². The topological polar surface area (TPSA) is 42.7 Å². The van der Waals surface area contributed by atoms with E-state index in [2.05, 4.69) is 33.1 Å². The van der Waals surface area contributed by atoms with Crippen LogP contribution in [0.4, 0.5) is 0 Å². The molecule has 4 nitrogen and oxygen atoms in total. The van der Waals surface area contributed by atoms with Crippen LogP contribution in [0, 0.1) is 0 Å². The molecule has 3 rings (SSSR count). The van der Waals surface area contributed by atoms with Gasteiger partial charge in [0.1, 0.15) is 5.82 Å². The van der Waals surface area contributed by atoms with E-state index >= 15 is 0 Å². The molecule has 0 bridgehead atoms. The molecule has 0 aliphatic carbocycles. The molecule has 4 heteroatoms. The Morgan fingerprint density at radius 3 is 2.95 bits per heavy atom. The van der Waals surface area contributed by atoms with Crippen molar-refractivity contribution < 1.29 is 0 Å². The molecule has 0 unspecified atom stereocenters. The fourth-order valence-electron chi connectivity index (χ4n) is 2.31. The first-order chi connectivity index (χ1) is 9.86. The van der Waals surface area contributed by atoms with Crippen molar-refractivity contribution in [2.24, 2.45) is 0 Å². The highest BCUT2D eigenvalue weighted by molar-refractivity contribution is 5.78. The highest BCUT2D eigenvalue weighted by Gasteiger charge is 2.05. The summed E-state index contributed by atoms with van der Waals surface area (Å²) in [6, 6.07) is 12.4. The van der Waals surface area contributed by atoms with Gasteiger partial charge in [0.05, 0.1) is 5.52 Å². The molecular formula is C16H18N4. The molecule has 0 saturated heterocycles. The molecule has 1 N–H and O–H groups in total. The molecule has 0 spiro atoms. The first-order valence-corrected chi connectivity index (χ1v) is 6.86. The molecule has 1 aromatic carbocycles. The third-order valence-electron chi connectivity index (χ3n) is 3.40. The smallest absolute Gasteiger partial charge is 0.114 e. The van der Waals surface area contributed by atoms with Crippen molar-refractivity contribution in [3.8, 4) is 0 Å². The molecule has 0 aliphatic heterocycles. The number of hydrogen-bond donors (Lipinski definition) is 1. The van der Waals surface area contributed by atoms with Crippen molar-refractivity contribution in [2.75, 3.05) is 13.6 Å². The summed E-state index contributed by atoms with van der Waals surface area (Å²) >= 11 is 0. The average molecular weight is 266 g/mol. The Hall–Kier alpha value is -2.20. The zero-order valence-corrected chi connectivity index (χ0v) is 11.6. The molecule has 102 valence electrons. The van der Waals surface area contributed by atoms with E-state index in [4.69, 9.17) is 4.98 Å². The molecule has 2 aromatic heterocycles. The molecule has 0 fully saturated rings. The van der Waals surface area contributed by atoms with E-state index in [9.17, 15) is 0 Å². The summed E-state index contributed by atoms with van der Waals surface area (Å²) in [5, 5.41) is 4.33. The van der Waals surface area contributed by atoms with Crippen LogP contribution < -0.4 is 5.32 Å². The minimum Gasteiger partial charge on any atom is -0.333 e. The van der Waals surface area contributed by atoms with Gasteiger partial charge in [0.15, 0.2) is 0 Å². The van der Waals surface area contributed by atoms with Gasteiger partial charge in [-0.3, -0.25) is 4.98 Å². The van der Waals surface area contributed by atoms with Crippen LogP contribution >= 0.6 is 0 Å². The van der Waals surface area contributed by atoms with Crippen LogP contribution in [0.3, 0.4) is 0 Å². The predicted octanol–water partition coefficient (Wildman–Crippen LogP) is 2.24. The lowest BCUT2D eigenvalue weighted by molar-refractivity contribution is 0.620. The summed E-state index contributed by atoms with van der Waals surface area (Å²) in [6.45, 7) is 1.87. The summed E-state index contributed by atoms with van der Waals surface area (Å²) in [4.78, 5) is 9.14. The fourth-order valence-corrected chi connectivity index (χ4v) is 2.31. The second-order valence-electron chi connectivity index (χ2n) is 4.81. The van der Waals surface area contributed by atoms with E-state index in [0.717, 1.165) is 36.5 Å². The van der Waals surface area contributed by atoms with Crippen LogP contribution in [0.25, 0.3) is 10.9 Å². The lowest BCUT2D eigenvalue weighted by atomic mass is 10.2. The van der Waals surface area contributed by atoms with E-state index in [-0.39, 0.29) is 0 Å². The van der Waals surface area contributed by atoms with E-state index in [1.54, 1.807) is 0 Å². The van der Waals surface area contributed by atoms with Crippen molar-refractivity contribution >= 4 is 10.9 Å². The summed E-state index contributed by atoms with van der Waals surface area (Å²) < 4.78 is 2.17. The van der Waals surface area contributed by atoms with Crippen molar-refractivity contribution in [1.29, 1.82) is 0 Å². The van der Waals surface area contributed by atoms with Gasteiger partial charge < -0.3 is 9.88 Å². The Morgan fingerprint density at radius 2 is 2.05 bits per heavy atom. The number of rotatable bonds is 5. The summed E-state index contributed by atoms with van der Waals surface area (Å²) in [7, 11) is 1.96. The highest BCUT2D eigenvalue weighted by Crippen LogP contribution is 2.14. The highest BCUT2D eigenvalue weighted by atomic mass is 15.1. The van der Waals surface area contributed by atoms with Gasteiger partial charge in [-0.15, -0.1) is 0 Å². The number of nitrogens with one attached hydrogen (secondary N) is 1. The van der Waals surface area contributed by atoms with Gasteiger partial charge in [-0.05, 0) is 19.2 Å². The maximum Gasteiger partial charge on any atom is 0.114 e. The monoisotopic (exact) mass is 266 g/mol. The predicted molar refractivity (Wildman–Crippen MR) is 80.7 cm³/mol. The molecule has 0 saturated carbocycles. The van der Waals surface area contributed by atoms with Gasteiger partial charge in [-0.2, -0.15) is 0 Å². The van der Waals surface area contributed by atoms with Crippen LogP contribution in [0.2, 0.25) is 0 Å². The average Bonchev–Trinajstić information content (AvgIpc) is 2.92. The zero-order valence-electron chi connectivity index (χ0n) is 11.6. The number of pyridine rings is 1. The Balaban J connectivity index is 1.84. The number of fused-ring (bicyclic) bond motifs is 1. The Bertz CT molecular complexity index is 702. The Labute approximate surface area is 118 Å². The summed E-state index contributed by atoms with van der Waals surface area (Å²) in [5.41, 5.74) is 2.10. The molecule has 0 aliphatic rings. The van der Waals surface area contributed by atoms with E-state index in [0.29, 0.717) is 0 Å². The third kappa shape index (κ3) is 2.70. The lowest BCUT2D eigenvalue weighted by Gasteiger charge is -2.07. The minimum absolute atomic E-state index is 0.765. The number of aromatic nitrogens is 3.